The van der Waals surface area contributed by atoms with Gasteiger partial charge >= 0.3 is 0 Å². The minimum absolute atomic E-state index is 0.0365. The van der Waals surface area contributed by atoms with E-state index in [2.05, 4.69) is 15.7 Å². The van der Waals surface area contributed by atoms with Crippen LogP contribution < -0.4 is 10.6 Å². The molecule has 0 radical (unpaired) electrons. The molecular weight excluding hydrogens is 456 g/mol. The average Bonchev–Trinajstić information content (AvgIpc) is 3.25. The molecule has 1 aromatic carbocycles. The first-order valence-electron chi connectivity index (χ1n) is 11.1. The van der Waals surface area contributed by atoms with Gasteiger partial charge in [0.2, 0.25) is 11.8 Å². The van der Waals surface area contributed by atoms with Crippen molar-refractivity contribution in [1.29, 1.82) is 0 Å². The first-order valence-corrected chi connectivity index (χ1v) is 12.9. The number of hydrogen-bond acceptors (Lipinski definition) is 7. The lowest BCUT2D eigenvalue weighted by atomic mass is 10.3. The molecule has 0 saturated carbocycles. The monoisotopic (exact) mass is 486 g/mol. The number of para-hydroxylation sites is 1. The van der Waals surface area contributed by atoms with Crippen LogP contribution in [0, 0.1) is 0 Å². The highest BCUT2D eigenvalue weighted by Crippen LogP contribution is 2.32. The number of benzene rings is 1. The normalized spacial score (nSPS) is 13.0. The van der Waals surface area contributed by atoms with Crippen LogP contribution in [-0.2, 0) is 9.59 Å². The second-order valence-electron chi connectivity index (χ2n) is 7.54. The summed E-state index contributed by atoms with van der Waals surface area (Å²) < 4.78 is 1.76. The topological polar surface area (TPSA) is 102 Å². The molecule has 2 N–H and O–H groups in total. The van der Waals surface area contributed by atoms with Crippen molar-refractivity contribution < 1.29 is 9.59 Å². The second-order valence-corrected chi connectivity index (χ2v) is 10.2. The predicted octanol–water partition coefficient (Wildman–Crippen LogP) is 3.83. The Bertz CT molecular complexity index is 1090. The standard InChI is InChI=1S/C23H30N6O2S2/c1-5-12-24-20(30)15(3)32-22-18-14-26-29(17-10-8-7-9-11-17)19(18)27-23(28-22)33-16(4)21(31)25-13-6-2/h7-11,14-16H,5-6,12-13H2,1-4H3,(H,24,30)(H,25,31). The number of nitrogens with zero attached hydrogens (tertiary/aromatic N) is 4. The summed E-state index contributed by atoms with van der Waals surface area (Å²) in [5.74, 6) is -0.0887. The molecule has 0 aliphatic rings. The molecule has 2 amide bonds. The van der Waals surface area contributed by atoms with Crippen LogP contribution in [0.2, 0.25) is 0 Å². The lowest BCUT2D eigenvalue weighted by molar-refractivity contribution is -0.121. The van der Waals surface area contributed by atoms with Gasteiger partial charge in [0.15, 0.2) is 10.8 Å². The van der Waals surface area contributed by atoms with Crippen molar-refractivity contribution in [3.8, 4) is 5.69 Å². The zero-order valence-corrected chi connectivity index (χ0v) is 21.0. The van der Waals surface area contributed by atoms with Gasteiger partial charge in [-0.1, -0.05) is 55.6 Å². The fourth-order valence-electron chi connectivity index (χ4n) is 2.98. The summed E-state index contributed by atoms with van der Waals surface area (Å²) in [5.41, 5.74) is 1.52. The SMILES string of the molecule is CCCNC(=O)C(C)Sc1nc(SC(C)C(=O)NCCC)c2cnn(-c3ccccc3)c2n1. The van der Waals surface area contributed by atoms with Crippen LogP contribution in [0.25, 0.3) is 16.7 Å². The molecule has 2 unspecified atom stereocenters. The van der Waals surface area contributed by atoms with Crippen LogP contribution >= 0.6 is 23.5 Å². The number of nitrogens with one attached hydrogen (secondary N) is 2. The summed E-state index contributed by atoms with van der Waals surface area (Å²) in [6, 6.07) is 9.73. The van der Waals surface area contributed by atoms with Gasteiger partial charge in [-0.2, -0.15) is 5.10 Å². The molecule has 10 heteroatoms. The minimum Gasteiger partial charge on any atom is -0.355 e. The van der Waals surface area contributed by atoms with E-state index < -0.39 is 0 Å². The van der Waals surface area contributed by atoms with E-state index in [9.17, 15) is 9.59 Å². The van der Waals surface area contributed by atoms with E-state index >= 15 is 0 Å². The Balaban J connectivity index is 1.96. The van der Waals surface area contributed by atoms with Crippen LogP contribution in [-0.4, -0.2) is 55.2 Å². The largest absolute Gasteiger partial charge is 0.355 e. The third-order valence-corrected chi connectivity index (χ3v) is 6.84. The van der Waals surface area contributed by atoms with E-state index in [1.807, 2.05) is 58.0 Å². The van der Waals surface area contributed by atoms with E-state index in [4.69, 9.17) is 9.97 Å². The van der Waals surface area contributed by atoms with Gasteiger partial charge in [0.25, 0.3) is 0 Å². The highest BCUT2D eigenvalue weighted by molar-refractivity contribution is 8.01. The van der Waals surface area contributed by atoms with E-state index in [0.29, 0.717) is 28.9 Å². The molecule has 0 aliphatic carbocycles. The van der Waals surface area contributed by atoms with E-state index in [-0.39, 0.29) is 22.3 Å². The molecular formula is C23H30N6O2S2. The highest BCUT2D eigenvalue weighted by Gasteiger charge is 2.22. The van der Waals surface area contributed by atoms with Gasteiger partial charge < -0.3 is 10.6 Å². The fraction of sp³-hybridized carbons (Fsp3) is 0.435. The van der Waals surface area contributed by atoms with Gasteiger partial charge in [-0.25, -0.2) is 14.6 Å². The van der Waals surface area contributed by atoms with Gasteiger partial charge in [-0.05, 0) is 38.8 Å². The lowest BCUT2D eigenvalue weighted by Crippen LogP contribution is -2.31. The molecule has 2 atom stereocenters. The zero-order valence-electron chi connectivity index (χ0n) is 19.4. The Morgan fingerprint density at radius 2 is 1.55 bits per heavy atom. The fourth-order valence-corrected chi connectivity index (χ4v) is 4.76. The summed E-state index contributed by atoms with van der Waals surface area (Å²) in [7, 11) is 0. The summed E-state index contributed by atoms with van der Waals surface area (Å²) in [6.45, 7) is 9.01. The van der Waals surface area contributed by atoms with Crippen LogP contribution in [0.4, 0.5) is 0 Å². The van der Waals surface area contributed by atoms with Crippen molar-refractivity contribution in [1.82, 2.24) is 30.4 Å². The van der Waals surface area contributed by atoms with Crippen molar-refractivity contribution in [3.05, 3.63) is 36.5 Å². The number of rotatable bonds is 11. The van der Waals surface area contributed by atoms with Gasteiger partial charge in [0, 0.05) is 13.1 Å². The molecule has 0 spiro atoms. The molecule has 2 heterocycles. The molecule has 8 nitrogen and oxygen atoms in total. The van der Waals surface area contributed by atoms with Crippen LogP contribution in [0.3, 0.4) is 0 Å². The maximum atomic E-state index is 12.5. The second kappa shape index (κ2) is 12.0. The average molecular weight is 487 g/mol. The number of carbonyl (C=O) groups is 2. The molecule has 3 rings (SSSR count). The first-order chi connectivity index (χ1) is 15.9. The third kappa shape index (κ3) is 6.48. The minimum atomic E-state index is -0.356. The Morgan fingerprint density at radius 3 is 2.15 bits per heavy atom. The number of hydrogen-bond donors (Lipinski definition) is 2. The first kappa shape index (κ1) is 25.0. The van der Waals surface area contributed by atoms with Crippen molar-refractivity contribution in [3.63, 3.8) is 0 Å². The summed E-state index contributed by atoms with van der Waals surface area (Å²) >= 11 is 2.67. The van der Waals surface area contributed by atoms with Gasteiger partial charge in [-0.3, -0.25) is 9.59 Å². The molecule has 0 saturated heterocycles. The third-order valence-electron chi connectivity index (χ3n) is 4.78. The quantitative estimate of drug-likeness (QED) is 0.241. The van der Waals surface area contributed by atoms with Crippen molar-refractivity contribution >= 4 is 46.4 Å². The highest BCUT2D eigenvalue weighted by atomic mass is 32.2. The van der Waals surface area contributed by atoms with E-state index in [0.717, 1.165) is 23.9 Å². The summed E-state index contributed by atoms with van der Waals surface area (Å²) in [4.78, 5) is 34.3. The Hall–Kier alpha value is -2.59. The molecule has 0 fully saturated rings. The predicted molar refractivity (Wildman–Crippen MR) is 134 cm³/mol. The Morgan fingerprint density at radius 1 is 0.939 bits per heavy atom. The molecule has 2 aromatic heterocycles. The number of carbonyl (C=O) groups excluding carboxylic acids is 2. The van der Waals surface area contributed by atoms with Gasteiger partial charge in [0.1, 0.15) is 5.03 Å². The number of thioether (sulfide) groups is 2. The van der Waals surface area contributed by atoms with Gasteiger partial charge in [0.05, 0.1) is 27.8 Å². The maximum absolute atomic E-state index is 12.5. The molecule has 0 aliphatic heterocycles. The van der Waals surface area contributed by atoms with E-state index in [1.165, 1.54) is 23.5 Å². The molecule has 0 bridgehead atoms. The molecule has 176 valence electrons. The number of aromatic nitrogens is 4. The van der Waals surface area contributed by atoms with E-state index in [1.54, 1.807) is 10.9 Å². The van der Waals surface area contributed by atoms with Crippen molar-refractivity contribution in [2.24, 2.45) is 0 Å². The smallest absolute Gasteiger partial charge is 0.233 e. The number of fused-ring (bicyclic) bond motifs is 1. The van der Waals surface area contributed by atoms with Crippen molar-refractivity contribution in [2.45, 2.75) is 61.2 Å². The zero-order chi connectivity index (χ0) is 23.8. The Labute approximate surface area is 202 Å². The maximum Gasteiger partial charge on any atom is 0.233 e. The molecule has 3 aromatic rings. The van der Waals surface area contributed by atoms with Crippen LogP contribution in [0.15, 0.2) is 46.7 Å². The molecule has 33 heavy (non-hydrogen) atoms. The number of amides is 2. The lowest BCUT2D eigenvalue weighted by Gasteiger charge is -2.14. The van der Waals surface area contributed by atoms with Crippen LogP contribution in [0.1, 0.15) is 40.5 Å². The van der Waals surface area contributed by atoms with Crippen LogP contribution in [0.5, 0.6) is 0 Å². The summed E-state index contributed by atoms with van der Waals surface area (Å²) in [5, 5.41) is 11.6. The summed E-state index contributed by atoms with van der Waals surface area (Å²) in [6.07, 6.45) is 3.48. The van der Waals surface area contributed by atoms with Crippen molar-refractivity contribution in [2.75, 3.05) is 13.1 Å². The Kier molecular flexibility index (Phi) is 9.13. The van der Waals surface area contributed by atoms with Gasteiger partial charge in [-0.15, -0.1) is 0 Å².